The maximum absolute atomic E-state index is 13.0. The van der Waals surface area contributed by atoms with E-state index in [-0.39, 0.29) is 36.9 Å². The Hall–Kier alpha value is -4.47. The van der Waals surface area contributed by atoms with Gasteiger partial charge in [0.2, 0.25) is 12.7 Å². The molecule has 1 aliphatic rings. The van der Waals surface area contributed by atoms with Crippen molar-refractivity contribution in [2.45, 2.75) is 25.7 Å². The number of benzene rings is 2. The van der Waals surface area contributed by atoms with Crippen molar-refractivity contribution >= 4 is 11.9 Å². The third-order valence-corrected chi connectivity index (χ3v) is 6.03. The second-order valence-electron chi connectivity index (χ2n) is 8.33. The van der Waals surface area contributed by atoms with Crippen molar-refractivity contribution < 1.29 is 33.6 Å². The lowest BCUT2D eigenvalue weighted by Crippen LogP contribution is -2.29. The van der Waals surface area contributed by atoms with Gasteiger partial charge < -0.3 is 34.4 Å². The molecule has 3 N–H and O–H groups in total. The van der Waals surface area contributed by atoms with Crippen molar-refractivity contribution in [3.05, 3.63) is 81.3 Å². The molecule has 1 unspecified atom stereocenters. The summed E-state index contributed by atoms with van der Waals surface area (Å²) >= 11 is 0. The van der Waals surface area contributed by atoms with Crippen LogP contribution in [0.2, 0.25) is 0 Å². The number of hydrogen-bond donors (Lipinski definition) is 3. The largest absolute Gasteiger partial charge is 0.506 e. The van der Waals surface area contributed by atoms with E-state index in [0.717, 1.165) is 17.5 Å². The zero-order valence-corrected chi connectivity index (χ0v) is 20.5. The molecule has 0 spiro atoms. The molecular formula is C27H28N2O8. The number of carbonyl (C=O) groups excluding carboxylic acids is 2. The summed E-state index contributed by atoms with van der Waals surface area (Å²) in [6.45, 7) is 2.14. The fourth-order valence-electron chi connectivity index (χ4n) is 4.14. The van der Waals surface area contributed by atoms with Gasteiger partial charge >= 0.3 is 5.97 Å². The molecule has 0 aliphatic carbocycles. The van der Waals surface area contributed by atoms with Crippen LogP contribution in [0.4, 0.5) is 0 Å². The van der Waals surface area contributed by atoms with Crippen molar-refractivity contribution in [3.8, 4) is 23.0 Å². The number of carbonyl (C=O) groups is 2. The Balaban J connectivity index is 1.59. The molecule has 0 radical (unpaired) electrons. The minimum absolute atomic E-state index is 0.0550. The van der Waals surface area contributed by atoms with E-state index in [2.05, 4.69) is 10.3 Å². The van der Waals surface area contributed by atoms with Crippen molar-refractivity contribution in [2.75, 3.05) is 27.1 Å². The lowest BCUT2D eigenvalue weighted by atomic mass is 9.87. The molecule has 194 valence electrons. The molecule has 3 aromatic rings. The molecule has 10 heteroatoms. The monoisotopic (exact) mass is 508 g/mol. The van der Waals surface area contributed by atoms with E-state index in [1.807, 2.05) is 24.3 Å². The quantitative estimate of drug-likeness (QED) is 0.356. The van der Waals surface area contributed by atoms with Gasteiger partial charge in [0.1, 0.15) is 17.1 Å². The fraction of sp³-hybridized carbons (Fsp3) is 0.296. The van der Waals surface area contributed by atoms with Crippen molar-refractivity contribution in [3.63, 3.8) is 0 Å². The number of methoxy groups -OCH3 is 1. The molecule has 1 amide bonds. The Morgan fingerprint density at radius 3 is 2.62 bits per heavy atom. The molecule has 0 fully saturated rings. The molecule has 37 heavy (non-hydrogen) atoms. The smallest absolute Gasteiger partial charge is 0.343 e. The van der Waals surface area contributed by atoms with Gasteiger partial charge in [-0.15, -0.1) is 0 Å². The number of ether oxygens (including phenoxy) is 4. The van der Waals surface area contributed by atoms with E-state index in [1.54, 1.807) is 32.2 Å². The van der Waals surface area contributed by atoms with E-state index in [1.165, 1.54) is 0 Å². The number of nitrogens with one attached hydrogen (secondary N) is 2. The van der Waals surface area contributed by atoms with Crippen LogP contribution in [0, 0.1) is 0 Å². The first-order valence-corrected chi connectivity index (χ1v) is 11.8. The second-order valence-corrected chi connectivity index (χ2v) is 8.33. The van der Waals surface area contributed by atoms with Crippen LogP contribution >= 0.6 is 0 Å². The number of H-pyrrole nitrogens is 1. The highest BCUT2D eigenvalue weighted by Crippen LogP contribution is 2.39. The van der Waals surface area contributed by atoms with Crippen LogP contribution in [0.3, 0.4) is 0 Å². The molecular weight excluding hydrogens is 480 g/mol. The normalized spacial score (nSPS) is 12.6. The second kappa shape index (κ2) is 11.5. The van der Waals surface area contributed by atoms with Crippen molar-refractivity contribution in [2.24, 2.45) is 0 Å². The highest BCUT2D eigenvalue weighted by Gasteiger charge is 2.29. The highest BCUT2D eigenvalue weighted by molar-refractivity contribution is 5.92. The molecule has 1 aliphatic heterocycles. The van der Waals surface area contributed by atoms with E-state index < -0.39 is 23.2 Å². The van der Waals surface area contributed by atoms with Crippen LogP contribution in [-0.2, 0) is 16.0 Å². The van der Waals surface area contributed by atoms with Gasteiger partial charge in [-0.25, -0.2) is 4.79 Å². The number of esters is 1. The maximum Gasteiger partial charge on any atom is 0.343 e. The van der Waals surface area contributed by atoms with Crippen LogP contribution in [-0.4, -0.2) is 49.0 Å². The molecule has 0 bridgehead atoms. The van der Waals surface area contributed by atoms with Gasteiger partial charge in [0, 0.05) is 25.1 Å². The maximum atomic E-state index is 13.0. The zero-order chi connectivity index (χ0) is 26.4. The Bertz CT molecular complexity index is 1330. The molecule has 2 heterocycles. The van der Waals surface area contributed by atoms with Gasteiger partial charge in [0.25, 0.3) is 5.56 Å². The first-order chi connectivity index (χ1) is 17.9. The third-order valence-electron chi connectivity index (χ3n) is 6.03. The first kappa shape index (κ1) is 25.6. The average molecular weight is 509 g/mol. The first-order valence-electron chi connectivity index (χ1n) is 11.8. The molecule has 2 aromatic carbocycles. The van der Waals surface area contributed by atoms with Crippen LogP contribution in [0.25, 0.3) is 0 Å². The van der Waals surface area contributed by atoms with Gasteiger partial charge in [0.05, 0.1) is 19.3 Å². The Morgan fingerprint density at radius 2 is 1.89 bits per heavy atom. The van der Waals surface area contributed by atoms with Crippen LogP contribution in [0.5, 0.6) is 23.0 Å². The van der Waals surface area contributed by atoms with Crippen LogP contribution < -0.4 is 25.1 Å². The molecule has 10 nitrogen and oxygen atoms in total. The summed E-state index contributed by atoms with van der Waals surface area (Å²) in [5.41, 5.74) is 0.622. The fourth-order valence-corrected chi connectivity index (χ4v) is 4.14. The topological polar surface area (TPSA) is 136 Å². The van der Waals surface area contributed by atoms with Gasteiger partial charge in [0.15, 0.2) is 11.5 Å². The third kappa shape index (κ3) is 5.85. The van der Waals surface area contributed by atoms with Crippen LogP contribution in [0.15, 0.2) is 53.5 Å². The Labute approximate surface area is 213 Å². The number of fused-ring (bicyclic) bond motifs is 1. The van der Waals surface area contributed by atoms with E-state index in [9.17, 15) is 19.5 Å². The van der Waals surface area contributed by atoms with Gasteiger partial charge in [-0.3, -0.25) is 9.59 Å². The van der Waals surface area contributed by atoms with Crippen molar-refractivity contribution in [1.29, 1.82) is 0 Å². The average Bonchev–Trinajstić information content (AvgIpc) is 3.36. The Kier molecular flexibility index (Phi) is 7.97. The van der Waals surface area contributed by atoms with Crippen LogP contribution in [0.1, 0.15) is 46.3 Å². The number of rotatable bonds is 10. The van der Waals surface area contributed by atoms with Gasteiger partial charge in [-0.1, -0.05) is 18.2 Å². The van der Waals surface area contributed by atoms with E-state index in [4.69, 9.17) is 18.9 Å². The summed E-state index contributed by atoms with van der Waals surface area (Å²) in [5.74, 6) is -0.800. The van der Waals surface area contributed by atoms with Gasteiger partial charge in [-0.05, 0) is 48.7 Å². The van der Waals surface area contributed by atoms with Gasteiger partial charge in [-0.2, -0.15) is 0 Å². The predicted octanol–water partition coefficient (Wildman–Crippen LogP) is 2.88. The van der Waals surface area contributed by atoms with E-state index in [0.29, 0.717) is 30.0 Å². The summed E-state index contributed by atoms with van der Waals surface area (Å²) in [6, 6.07) is 12.5. The lowest BCUT2D eigenvalue weighted by Gasteiger charge is -2.19. The standard InChI is InChI=1S/C27H28N2O8/c1-3-35-27(33)20-14-29-26(32)24(25(20)31)19(17-6-9-21-22(12-17)37-15-36-21)13-23(30)28-11-10-16-4-7-18(34-2)8-5-16/h4-9,12,14,19H,3,10-11,13,15H2,1-2H3,(H,28,30)(H2,29,31,32). The summed E-state index contributed by atoms with van der Waals surface area (Å²) in [7, 11) is 1.59. The SMILES string of the molecule is CCOC(=O)c1c[nH]c(=O)c(C(CC(=O)NCCc2ccc(OC)cc2)c2ccc3c(c2)OCO3)c1O. The Morgan fingerprint density at radius 1 is 1.14 bits per heavy atom. The predicted molar refractivity (Wildman–Crippen MR) is 133 cm³/mol. The molecule has 0 saturated carbocycles. The summed E-state index contributed by atoms with van der Waals surface area (Å²) in [4.78, 5) is 40.7. The number of pyridine rings is 1. The number of aromatic nitrogens is 1. The van der Waals surface area contributed by atoms with Crippen molar-refractivity contribution in [1.82, 2.24) is 10.3 Å². The molecule has 1 atom stereocenters. The zero-order valence-electron chi connectivity index (χ0n) is 20.5. The minimum Gasteiger partial charge on any atom is -0.506 e. The summed E-state index contributed by atoms with van der Waals surface area (Å²) in [6.07, 6.45) is 1.53. The molecule has 0 saturated heterocycles. The number of aromatic hydroxyl groups is 1. The highest BCUT2D eigenvalue weighted by atomic mass is 16.7. The summed E-state index contributed by atoms with van der Waals surface area (Å²) < 4.78 is 21.0. The van der Waals surface area contributed by atoms with E-state index >= 15 is 0 Å². The lowest BCUT2D eigenvalue weighted by molar-refractivity contribution is -0.121. The summed E-state index contributed by atoms with van der Waals surface area (Å²) in [5, 5.41) is 13.8. The minimum atomic E-state index is -0.881. The number of amides is 1. The molecule has 1 aromatic heterocycles. The number of aromatic amines is 1. The molecule has 4 rings (SSSR count). The number of hydrogen-bond acceptors (Lipinski definition) is 8.